The lowest BCUT2D eigenvalue weighted by molar-refractivity contribution is -0.384. The Kier molecular flexibility index (Phi) is 7.61. The van der Waals surface area contributed by atoms with E-state index in [2.05, 4.69) is 27.8 Å². The number of nitro benzene ring substituents is 1. The number of aromatic nitrogens is 2. The van der Waals surface area contributed by atoms with Crippen LogP contribution in [0.4, 0.5) is 16.5 Å². The quantitative estimate of drug-likeness (QED) is 0.248. The minimum Gasteiger partial charge on any atom is -0.360 e. The molecule has 2 N–H and O–H groups in total. The first-order chi connectivity index (χ1) is 14.5. The number of nitrogens with one attached hydrogen (secondary N) is 2. The van der Waals surface area contributed by atoms with E-state index in [1.807, 2.05) is 30.3 Å². The monoisotopic (exact) mass is 463 g/mol. The predicted octanol–water partition coefficient (Wildman–Crippen LogP) is 5.39. The number of amides is 1. The van der Waals surface area contributed by atoms with Crippen molar-refractivity contribution >= 4 is 57.1 Å². The summed E-state index contributed by atoms with van der Waals surface area (Å²) in [5, 5.41) is 25.4. The summed E-state index contributed by atoms with van der Waals surface area (Å²) in [4.78, 5) is 23.6. The molecule has 1 aromatic heterocycles. The maximum absolute atomic E-state index is 13.1. The van der Waals surface area contributed by atoms with E-state index >= 15 is 0 Å². The molecule has 0 saturated heterocycles. The van der Waals surface area contributed by atoms with Gasteiger partial charge in [-0.2, -0.15) is 0 Å². The second-order valence-corrected chi connectivity index (χ2v) is 8.86. The summed E-state index contributed by atoms with van der Waals surface area (Å²) in [6.45, 7) is 2.85. The molecule has 0 aliphatic carbocycles. The summed E-state index contributed by atoms with van der Waals surface area (Å²) < 4.78 is 0.639. The van der Waals surface area contributed by atoms with Crippen LogP contribution in [0.1, 0.15) is 24.2 Å². The van der Waals surface area contributed by atoms with Crippen LogP contribution in [-0.2, 0) is 4.79 Å². The molecule has 0 fully saturated rings. The molecule has 1 amide bonds. The van der Waals surface area contributed by atoms with Gasteiger partial charge < -0.3 is 10.6 Å². The van der Waals surface area contributed by atoms with Crippen LogP contribution in [0, 0.1) is 10.1 Å². The van der Waals surface area contributed by atoms with Gasteiger partial charge in [0, 0.05) is 18.3 Å². The van der Waals surface area contributed by atoms with E-state index < -0.39 is 10.2 Å². The van der Waals surface area contributed by atoms with E-state index in [0.717, 1.165) is 18.5 Å². The van der Waals surface area contributed by atoms with E-state index in [1.165, 1.54) is 41.3 Å². The van der Waals surface area contributed by atoms with Crippen LogP contribution < -0.4 is 10.6 Å². The highest BCUT2D eigenvalue weighted by Gasteiger charge is 2.25. The van der Waals surface area contributed by atoms with Crippen LogP contribution in [0.2, 0.25) is 5.02 Å². The van der Waals surface area contributed by atoms with Gasteiger partial charge in [0.1, 0.15) is 10.3 Å². The van der Waals surface area contributed by atoms with Crippen LogP contribution in [-0.4, -0.2) is 27.6 Å². The largest absolute Gasteiger partial charge is 0.360 e. The summed E-state index contributed by atoms with van der Waals surface area (Å²) >= 11 is 8.49. The molecule has 2 aromatic carbocycles. The van der Waals surface area contributed by atoms with Crippen molar-refractivity contribution in [1.82, 2.24) is 10.2 Å². The molecule has 0 aliphatic rings. The summed E-state index contributed by atoms with van der Waals surface area (Å²) in [6, 6.07) is 13.4. The minimum atomic E-state index is -0.618. The molecular weight excluding hydrogens is 446 g/mol. The van der Waals surface area contributed by atoms with Gasteiger partial charge in [0.15, 0.2) is 4.34 Å². The molecule has 1 atom stereocenters. The van der Waals surface area contributed by atoms with Crippen molar-refractivity contribution in [1.29, 1.82) is 0 Å². The number of carbonyl (C=O) groups excluding carboxylic acids is 1. The van der Waals surface area contributed by atoms with Crippen molar-refractivity contribution in [2.75, 3.05) is 17.2 Å². The first-order valence-corrected chi connectivity index (χ1v) is 11.1. The number of hydrogen-bond acceptors (Lipinski definition) is 8. The SMILES string of the molecule is CCCNc1nnc(SC(C(=O)Nc2ccc(Cl)c([N+](=O)[O-])c2)c2ccccc2)s1. The van der Waals surface area contributed by atoms with Crippen LogP contribution in [0.5, 0.6) is 0 Å². The molecule has 0 spiro atoms. The van der Waals surface area contributed by atoms with E-state index in [-0.39, 0.29) is 16.6 Å². The third-order valence-electron chi connectivity index (χ3n) is 3.90. The van der Waals surface area contributed by atoms with E-state index in [0.29, 0.717) is 15.2 Å². The third-order valence-corrected chi connectivity index (χ3v) is 6.44. The maximum Gasteiger partial charge on any atom is 0.289 e. The molecule has 30 heavy (non-hydrogen) atoms. The number of rotatable bonds is 9. The van der Waals surface area contributed by atoms with E-state index in [4.69, 9.17) is 11.6 Å². The number of hydrogen-bond donors (Lipinski definition) is 2. The van der Waals surface area contributed by atoms with Crippen molar-refractivity contribution in [3.05, 3.63) is 69.2 Å². The molecule has 0 radical (unpaired) electrons. The lowest BCUT2D eigenvalue weighted by atomic mass is 10.1. The highest BCUT2D eigenvalue weighted by Crippen LogP contribution is 2.39. The third kappa shape index (κ3) is 5.68. The standard InChI is InChI=1S/C19H18ClN5O3S2/c1-2-10-21-18-23-24-19(30-18)29-16(12-6-4-3-5-7-12)17(26)22-13-8-9-14(20)15(11-13)25(27)28/h3-9,11,16H,2,10H2,1H3,(H,21,23)(H,22,26). The summed E-state index contributed by atoms with van der Waals surface area (Å²) in [7, 11) is 0. The van der Waals surface area contributed by atoms with E-state index in [1.54, 1.807) is 0 Å². The zero-order valence-electron chi connectivity index (χ0n) is 15.9. The van der Waals surface area contributed by atoms with Gasteiger partial charge in [-0.1, -0.05) is 72.0 Å². The molecule has 8 nitrogen and oxygen atoms in total. The average Bonchev–Trinajstić information content (AvgIpc) is 3.19. The Morgan fingerprint density at radius 3 is 2.73 bits per heavy atom. The molecular formula is C19H18ClN5O3S2. The van der Waals surface area contributed by atoms with Gasteiger partial charge in [-0.15, -0.1) is 10.2 Å². The van der Waals surface area contributed by atoms with Gasteiger partial charge in [0.2, 0.25) is 11.0 Å². The van der Waals surface area contributed by atoms with Crippen LogP contribution >= 0.6 is 34.7 Å². The molecule has 156 valence electrons. The fraction of sp³-hybridized carbons (Fsp3) is 0.211. The number of carbonyl (C=O) groups is 1. The predicted molar refractivity (Wildman–Crippen MR) is 120 cm³/mol. The second kappa shape index (κ2) is 10.4. The first kappa shape index (κ1) is 22.0. The summed E-state index contributed by atoms with van der Waals surface area (Å²) in [5.41, 5.74) is 0.802. The van der Waals surface area contributed by atoms with Gasteiger partial charge in [0.05, 0.1) is 4.92 Å². The van der Waals surface area contributed by atoms with E-state index in [9.17, 15) is 14.9 Å². The molecule has 0 aliphatic heterocycles. The fourth-order valence-electron chi connectivity index (χ4n) is 2.50. The van der Waals surface area contributed by atoms with Crippen molar-refractivity contribution in [2.24, 2.45) is 0 Å². The Labute approximate surface area is 186 Å². The smallest absolute Gasteiger partial charge is 0.289 e. The number of halogens is 1. The molecule has 0 bridgehead atoms. The number of nitro groups is 1. The lowest BCUT2D eigenvalue weighted by Gasteiger charge is -2.15. The topological polar surface area (TPSA) is 110 Å². The zero-order chi connectivity index (χ0) is 21.5. The summed E-state index contributed by atoms with van der Waals surface area (Å²) in [6.07, 6.45) is 0.963. The fourth-order valence-corrected chi connectivity index (χ4v) is 4.66. The highest BCUT2D eigenvalue weighted by atomic mass is 35.5. The molecule has 0 saturated carbocycles. The highest BCUT2D eigenvalue weighted by molar-refractivity contribution is 8.02. The molecule has 1 unspecified atom stereocenters. The second-order valence-electron chi connectivity index (χ2n) is 6.12. The van der Waals surface area contributed by atoms with Crippen molar-refractivity contribution < 1.29 is 9.72 Å². The summed E-state index contributed by atoms with van der Waals surface area (Å²) in [5.74, 6) is -0.332. The molecule has 3 rings (SSSR count). The minimum absolute atomic E-state index is 0.00736. The van der Waals surface area contributed by atoms with Gasteiger partial charge in [-0.05, 0) is 24.1 Å². The Balaban J connectivity index is 1.82. The van der Waals surface area contributed by atoms with Gasteiger partial charge >= 0.3 is 0 Å². The number of anilines is 2. The average molecular weight is 464 g/mol. The number of benzene rings is 2. The zero-order valence-corrected chi connectivity index (χ0v) is 18.3. The normalized spacial score (nSPS) is 11.7. The van der Waals surface area contributed by atoms with Gasteiger partial charge in [-0.25, -0.2) is 0 Å². The Morgan fingerprint density at radius 2 is 2.03 bits per heavy atom. The van der Waals surface area contributed by atoms with Crippen LogP contribution in [0.25, 0.3) is 0 Å². The lowest BCUT2D eigenvalue weighted by Crippen LogP contribution is -2.19. The van der Waals surface area contributed by atoms with Crippen molar-refractivity contribution in [3.8, 4) is 0 Å². The number of thioether (sulfide) groups is 1. The van der Waals surface area contributed by atoms with Crippen LogP contribution in [0.15, 0.2) is 52.9 Å². The van der Waals surface area contributed by atoms with Crippen molar-refractivity contribution in [3.63, 3.8) is 0 Å². The molecule has 3 aromatic rings. The van der Waals surface area contributed by atoms with Crippen LogP contribution in [0.3, 0.4) is 0 Å². The van der Waals surface area contributed by atoms with Gasteiger partial charge in [-0.3, -0.25) is 14.9 Å². The first-order valence-electron chi connectivity index (χ1n) is 9.01. The van der Waals surface area contributed by atoms with Crippen molar-refractivity contribution in [2.45, 2.75) is 22.9 Å². The molecule has 11 heteroatoms. The Bertz CT molecular complexity index is 1030. The maximum atomic E-state index is 13.1. The Hall–Kier alpha value is -2.69. The Morgan fingerprint density at radius 1 is 1.27 bits per heavy atom. The number of nitrogens with zero attached hydrogens (tertiary/aromatic N) is 3. The molecule has 1 heterocycles. The van der Waals surface area contributed by atoms with Gasteiger partial charge in [0.25, 0.3) is 5.69 Å².